The van der Waals surface area contributed by atoms with Crippen LogP contribution in [-0.2, 0) is 21.0 Å². The van der Waals surface area contributed by atoms with Crippen LogP contribution in [0, 0.1) is 5.82 Å². The first kappa shape index (κ1) is 19.2. The van der Waals surface area contributed by atoms with E-state index >= 15 is 0 Å². The molecule has 146 valence electrons. The molecule has 0 amide bonds. The number of benzene rings is 1. The summed E-state index contributed by atoms with van der Waals surface area (Å²) in [6, 6.07) is 4.21. The Hall–Kier alpha value is -2.57. The van der Waals surface area contributed by atoms with Gasteiger partial charge in [-0.2, -0.15) is 0 Å². The molecule has 1 aliphatic rings. The molecule has 10 nitrogen and oxygen atoms in total. The number of rotatable bonds is 7. The van der Waals surface area contributed by atoms with Crippen LogP contribution in [-0.4, -0.2) is 51.2 Å². The van der Waals surface area contributed by atoms with Gasteiger partial charge < -0.3 is 5.32 Å². The maximum atomic E-state index is 13.4. The van der Waals surface area contributed by atoms with Gasteiger partial charge in [0.05, 0.1) is 28.6 Å². The number of fused-ring (bicyclic) bond motifs is 1. The third-order valence-corrected chi connectivity index (χ3v) is 5.42. The van der Waals surface area contributed by atoms with E-state index < -0.39 is 9.73 Å². The first-order chi connectivity index (χ1) is 12.9. The van der Waals surface area contributed by atoms with Gasteiger partial charge in [-0.05, 0) is 40.0 Å². The Morgan fingerprint density at radius 2 is 2.33 bits per heavy atom. The third-order valence-electron chi connectivity index (χ3n) is 3.99. The monoisotopic (exact) mass is 398 g/mol. The molecule has 0 fully saturated rings. The molecule has 1 aromatic carbocycles. The Morgan fingerprint density at radius 3 is 3.07 bits per heavy atom. The summed E-state index contributed by atoms with van der Waals surface area (Å²) in [5, 5.41) is 19.8. The highest BCUT2D eigenvalue weighted by atomic mass is 32.2. The lowest BCUT2D eigenvalue weighted by atomic mass is 9.83. The number of hydrogen-bond acceptors (Lipinski definition) is 9. The molecule has 1 aromatic heterocycles. The average Bonchev–Trinajstić information content (AvgIpc) is 3.06. The lowest BCUT2D eigenvalue weighted by molar-refractivity contribution is 0.218. The molecule has 12 heteroatoms. The zero-order valence-corrected chi connectivity index (χ0v) is 15.5. The van der Waals surface area contributed by atoms with E-state index in [1.54, 1.807) is 6.07 Å². The predicted octanol–water partition coefficient (Wildman–Crippen LogP) is 1.30. The maximum Gasteiger partial charge on any atom is 0.202 e. The topological polar surface area (TPSA) is 134 Å². The highest BCUT2D eigenvalue weighted by molar-refractivity contribution is 7.92. The van der Waals surface area contributed by atoms with Crippen molar-refractivity contribution in [3.63, 3.8) is 0 Å². The molecule has 0 aliphatic heterocycles. The van der Waals surface area contributed by atoms with E-state index in [9.17, 15) is 13.8 Å². The fourth-order valence-electron chi connectivity index (χ4n) is 2.68. The largest absolute Gasteiger partial charge is 0.364 e. The van der Waals surface area contributed by atoms with Crippen LogP contribution in [0.15, 0.2) is 32.3 Å². The highest BCUT2D eigenvalue weighted by Crippen LogP contribution is 2.36. The summed E-state index contributed by atoms with van der Waals surface area (Å²) < 4.78 is 33.7. The van der Waals surface area contributed by atoms with Crippen molar-refractivity contribution in [1.82, 2.24) is 15.8 Å². The number of hydroxylamine groups is 1. The van der Waals surface area contributed by atoms with Crippen molar-refractivity contribution in [3.05, 3.63) is 40.8 Å². The molecule has 27 heavy (non-hydrogen) atoms. The second-order valence-corrected chi connectivity index (χ2v) is 8.44. The number of hydrogen-bond donors (Lipinski definition) is 3. The molecule has 0 unspecified atom stereocenters. The second-order valence-electron chi connectivity index (χ2n) is 5.96. The number of nitrogens with zero attached hydrogens (tertiary/aromatic N) is 4. The molecule has 2 atom stereocenters. The van der Waals surface area contributed by atoms with E-state index in [-0.39, 0.29) is 41.5 Å². The summed E-state index contributed by atoms with van der Waals surface area (Å²) in [6.07, 6.45) is 2.08. The second kappa shape index (κ2) is 7.98. The Kier molecular flexibility index (Phi) is 5.68. The molecule has 0 radical (unpaired) electrons. The summed E-state index contributed by atoms with van der Waals surface area (Å²) >= 11 is 0. The van der Waals surface area contributed by atoms with Gasteiger partial charge in [0.25, 0.3) is 0 Å². The summed E-state index contributed by atoms with van der Waals surface area (Å²) in [5.74, 6) is 0.0861. The van der Waals surface area contributed by atoms with Crippen LogP contribution in [0.5, 0.6) is 0 Å². The van der Waals surface area contributed by atoms with Crippen molar-refractivity contribution >= 4 is 21.4 Å². The molecule has 2 aromatic rings. The zero-order valence-electron chi connectivity index (χ0n) is 14.7. The minimum atomic E-state index is -2.49. The molecule has 0 saturated carbocycles. The smallest absolute Gasteiger partial charge is 0.202 e. The fraction of sp³-hybridized carbons (Fsp3) is 0.400. The third kappa shape index (κ3) is 4.40. The first-order valence-electron chi connectivity index (χ1n) is 7.99. The van der Waals surface area contributed by atoms with Crippen LogP contribution in [0.2, 0.25) is 0 Å². The van der Waals surface area contributed by atoms with Gasteiger partial charge in [0, 0.05) is 12.8 Å². The highest BCUT2D eigenvalue weighted by Gasteiger charge is 2.28. The Balaban J connectivity index is 1.73. The molecule has 0 bridgehead atoms. The van der Waals surface area contributed by atoms with E-state index in [0.29, 0.717) is 6.42 Å². The van der Waals surface area contributed by atoms with Crippen molar-refractivity contribution in [2.24, 2.45) is 9.52 Å². The molecule has 1 aliphatic carbocycles. The summed E-state index contributed by atoms with van der Waals surface area (Å²) in [7, 11) is -1.16. The average molecular weight is 398 g/mol. The molecule has 3 N–H and O–H groups in total. The summed E-state index contributed by atoms with van der Waals surface area (Å²) in [6.45, 7) is 0.250. The van der Waals surface area contributed by atoms with Gasteiger partial charge in [0.2, 0.25) is 5.82 Å². The van der Waals surface area contributed by atoms with E-state index in [4.69, 9.17) is 4.63 Å². The van der Waals surface area contributed by atoms with Crippen LogP contribution in [0.1, 0.15) is 22.9 Å². The number of nitrogens with one attached hydrogen (secondary N) is 2. The van der Waals surface area contributed by atoms with E-state index in [1.165, 1.54) is 25.5 Å². The number of aromatic nitrogens is 2. The first-order valence-corrected chi connectivity index (χ1v) is 10.1. The molecule has 0 saturated heterocycles. The molecule has 3 rings (SSSR count). The number of amidine groups is 1. The zero-order chi connectivity index (χ0) is 19.4. The van der Waals surface area contributed by atoms with Crippen molar-refractivity contribution in [1.29, 1.82) is 0 Å². The Bertz CT molecular complexity index is 969. The van der Waals surface area contributed by atoms with Gasteiger partial charge in [-0.15, -0.1) is 0 Å². The SMILES string of the molecule is CON=[S@@](C)(=O)CCNc1nonc1C(=N[C@H]1Cc2ccc(F)cc21)NO. The fourth-order valence-corrected chi connectivity index (χ4v) is 3.55. The van der Waals surface area contributed by atoms with Crippen molar-refractivity contribution in [3.8, 4) is 0 Å². The van der Waals surface area contributed by atoms with Gasteiger partial charge in [0.1, 0.15) is 5.82 Å². The lowest BCUT2D eigenvalue weighted by Gasteiger charge is -2.27. The maximum absolute atomic E-state index is 13.4. The number of aliphatic imine (C=N–C) groups is 1. The van der Waals surface area contributed by atoms with Gasteiger partial charge in [-0.1, -0.05) is 10.6 Å². The van der Waals surface area contributed by atoms with E-state index in [2.05, 4.69) is 30.0 Å². The number of anilines is 1. The van der Waals surface area contributed by atoms with Crippen molar-refractivity contribution in [2.45, 2.75) is 12.5 Å². The van der Waals surface area contributed by atoms with Crippen LogP contribution < -0.4 is 10.8 Å². The van der Waals surface area contributed by atoms with Gasteiger partial charge in [-0.25, -0.2) is 18.1 Å². The predicted molar refractivity (Wildman–Crippen MR) is 95.5 cm³/mol. The van der Waals surface area contributed by atoms with Crippen molar-refractivity contribution in [2.75, 3.05) is 31.0 Å². The Labute approximate surface area is 154 Å². The van der Waals surface area contributed by atoms with Gasteiger partial charge in [-0.3, -0.25) is 15.7 Å². The minimum absolute atomic E-state index is 0.0254. The quantitative estimate of drug-likeness (QED) is 0.361. The minimum Gasteiger partial charge on any atom is -0.364 e. The molecule has 1 heterocycles. The van der Waals surface area contributed by atoms with E-state index in [1.807, 2.05) is 5.48 Å². The lowest BCUT2D eigenvalue weighted by Crippen LogP contribution is -2.26. The normalized spacial score (nSPS) is 18.2. The van der Waals surface area contributed by atoms with Crippen LogP contribution in [0.4, 0.5) is 10.2 Å². The van der Waals surface area contributed by atoms with Crippen LogP contribution in [0.25, 0.3) is 0 Å². The molecular formula is C15H19FN6O4S. The van der Waals surface area contributed by atoms with Crippen LogP contribution in [0.3, 0.4) is 0 Å². The Morgan fingerprint density at radius 1 is 1.52 bits per heavy atom. The standard InChI is InChI=1S/C15H19FN6O4S/c1-25-22-27(2,24)6-5-17-14-13(20-26-21-14)15(19-23)18-12-7-9-3-4-10(16)8-11(9)12/h3-4,8,12,23H,5-7H2,1-2H3,(H,17,21)(H,18,19)/t12-,27-/m0/s1. The van der Waals surface area contributed by atoms with E-state index in [0.717, 1.165) is 11.1 Å². The van der Waals surface area contributed by atoms with Gasteiger partial charge in [0.15, 0.2) is 11.5 Å². The van der Waals surface area contributed by atoms with Gasteiger partial charge >= 0.3 is 0 Å². The number of halogens is 1. The summed E-state index contributed by atoms with van der Waals surface area (Å²) in [4.78, 5) is 8.92. The van der Waals surface area contributed by atoms with Crippen LogP contribution >= 0.6 is 0 Å². The summed E-state index contributed by atoms with van der Waals surface area (Å²) in [5.41, 5.74) is 3.87. The molecule has 0 spiro atoms. The molecular weight excluding hydrogens is 379 g/mol. The van der Waals surface area contributed by atoms with Crippen molar-refractivity contribution < 1.29 is 23.3 Å².